The standard InChI is InChI=1S/C9H9F3N2O2S3/c10-9(11,12)8(3-4-8)14-19(15,16)6-2-1-5(18-6)7(13)17/h1-2,14H,3-4H2,(H2,13,17). The number of rotatable bonds is 4. The predicted molar refractivity (Wildman–Crippen MR) is 68.5 cm³/mol. The van der Waals surface area contributed by atoms with Crippen LogP contribution in [0.2, 0.25) is 0 Å². The fraction of sp³-hybridized carbons (Fsp3) is 0.444. The van der Waals surface area contributed by atoms with Gasteiger partial charge in [-0.15, -0.1) is 11.3 Å². The molecule has 1 aliphatic rings. The summed E-state index contributed by atoms with van der Waals surface area (Å²) in [6.45, 7) is 0. The fourth-order valence-electron chi connectivity index (χ4n) is 1.47. The number of hydrogen-bond acceptors (Lipinski definition) is 4. The minimum atomic E-state index is -4.59. The quantitative estimate of drug-likeness (QED) is 0.825. The van der Waals surface area contributed by atoms with Gasteiger partial charge in [0, 0.05) is 0 Å². The SMILES string of the molecule is NC(=S)c1ccc(S(=O)(=O)NC2(C(F)(F)F)CC2)s1. The largest absolute Gasteiger partial charge is 0.407 e. The van der Waals surface area contributed by atoms with E-state index in [1.807, 2.05) is 0 Å². The molecule has 1 aliphatic carbocycles. The van der Waals surface area contributed by atoms with E-state index < -0.39 is 21.7 Å². The molecule has 1 heterocycles. The molecule has 0 amide bonds. The van der Waals surface area contributed by atoms with Crippen LogP contribution in [0, 0.1) is 0 Å². The van der Waals surface area contributed by atoms with Gasteiger partial charge in [-0.25, -0.2) is 8.42 Å². The first kappa shape index (κ1) is 14.7. The van der Waals surface area contributed by atoms with Gasteiger partial charge >= 0.3 is 6.18 Å². The van der Waals surface area contributed by atoms with E-state index in [1.54, 1.807) is 4.72 Å². The Labute approximate surface area is 116 Å². The number of halogens is 3. The highest BCUT2D eigenvalue weighted by Gasteiger charge is 2.65. The number of hydrogen-bond donors (Lipinski definition) is 2. The molecule has 0 aromatic carbocycles. The second-order valence-electron chi connectivity index (χ2n) is 4.17. The van der Waals surface area contributed by atoms with Crippen LogP contribution in [-0.4, -0.2) is 25.1 Å². The molecule has 0 bridgehead atoms. The van der Waals surface area contributed by atoms with Crippen molar-refractivity contribution in [2.45, 2.75) is 28.8 Å². The molecule has 3 N–H and O–H groups in total. The summed E-state index contributed by atoms with van der Waals surface area (Å²) in [4.78, 5) is 0.343. The Morgan fingerprint density at radius 1 is 1.42 bits per heavy atom. The van der Waals surface area contributed by atoms with Crippen molar-refractivity contribution in [3.8, 4) is 0 Å². The molecule has 0 saturated heterocycles. The summed E-state index contributed by atoms with van der Waals surface area (Å²) in [6, 6.07) is 2.56. The van der Waals surface area contributed by atoms with Gasteiger partial charge in [0.05, 0.1) is 4.88 Å². The molecule has 0 atom stereocenters. The summed E-state index contributed by atoms with van der Waals surface area (Å²) in [5, 5.41) is 0. The number of sulfonamides is 1. The molecule has 4 nitrogen and oxygen atoms in total. The molecular formula is C9H9F3N2O2S3. The highest BCUT2D eigenvalue weighted by molar-refractivity contribution is 7.91. The zero-order valence-corrected chi connectivity index (χ0v) is 11.8. The van der Waals surface area contributed by atoms with Crippen LogP contribution in [0.1, 0.15) is 17.7 Å². The second kappa shape index (κ2) is 4.40. The summed E-state index contributed by atoms with van der Waals surface area (Å²) < 4.78 is 63.4. The Morgan fingerprint density at radius 2 is 2.00 bits per heavy atom. The first-order valence-electron chi connectivity index (χ1n) is 5.08. The van der Waals surface area contributed by atoms with Crippen molar-refractivity contribution in [1.29, 1.82) is 0 Å². The van der Waals surface area contributed by atoms with Crippen molar-refractivity contribution < 1.29 is 21.6 Å². The summed E-state index contributed by atoms with van der Waals surface area (Å²) >= 11 is 5.42. The zero-order valence-electron chi connectivity index (χ0n) is 9.32. The van der Waals surface area contributed by atoms with Crippen LogP contribution in [0.5, 0.6) is 0 Å². The van der Waals surface area contributed by atoms with E-state index in [0.717, 1.165) is 11.3 Å². The van der Waals surface area contributed by atoms with Crippen molar-refractivity contribution in [3.63, 3.8) is 0 Å². The lowest BCUT2D eigenvalue weighted by Gasteiger charge is -2.19. The van der Waals surface area contributed by atoms with E-state index >= 15 is 0 Å². The Morgan fingerprint density at radius 3 is 2.37 bits per heavy atom. The second-order valence-corrected chi connectivity index (χ2v) is 7.60. The molecule has 106 valence electrons. The molecule has 0 aliphatic heterocycles. The van der Waals surface area contributed by atoms with E-state index in [2.05, 4.69) is 12.2 Å². The van der Waals surface area contributed by atoms with Crippen molar-refractivity contribution in [1.82, 2.24) is 4.72 Å². The van der Waals surface area contributed by atoms with Gasteiger partial charge in [0.1, 0.15) is 14.7 Å². The molecule has 19 heavy (non-hydrogen) atoms. The lowest BCUT2D eigenvalue weighted by atomic mass is 10.3. The number of thiocarbonyl (C=S) groups is 1. The van der Waals surface area contributed by atoms with Crippen LogP contribution < -0.4 is 10.5 Å². The molecular weight excluding hydrogens is 321 g/mol. The summed E-state index contributed by atoms with van der Waals surface area (Å²) in [6.07, 6.45) is -5.09. The van der Waals surface area contributed by atoms with Crippen LogP contribution >= 0.6 is 23.6 Å². The third kappa shape index (κ3) is 2.76. The normalized spacial score (nSPS) is 18.3. The van der Waals surface area contributed by atoms with Gasteiger partial charge < -0.3 is 5.73 Å². The van der Waals surface area contributed by atoms with E-state index in [0.29, 0.717) is 4.88 Å². The molecule has 1 aromatic heterocycles. The van der Waals surface area contributed by atoms with Gasteiger partial charge in [-0.05, 0) is 25.0 Å². The summed E-state index contributed by atoms with van der Waals surface area (Å²) in [5.74, 6) is 0. The van der Waals surface area contributed by atoms with Gasteiger partial charge in [0.15, 0.2) is 0 Å². The topological polar surface area (TPSA) is 72.2 Å². The highest BCUT2D eigenvalue weighted by atomic mass is 32.2. The minimum absolute atomic E-state index is 0.00315. The maximum atomic E-state index is 12.7. The number of nitrogens with two attached hydrogens (primary N) is 1. The lowest BCUT2D eigenvalue weighted by molar-refractivity contribution is -0.160. The fourth-order valence-corrected chi connectivity index (χ4v) is 4.27. The van der Waals surface area contributed by atoms with Gasteiger partial charge in [0.25, 0.3) is 10.0 Å². The van der Waals surface area contributed by atoms with E-state index in [-0.39, 0.29) is 22.0 Å². The van der Waals surface area contributed by atoms with Crippen LogP contribution in [0.4, 0.5) is 13.2 Å². The third-order valence-electron chi connectivity index (χ3n) is 2.71. The summed E-state index contributed by atoms with van der Waals surface area (Å²) in [5.41, 5.74) is 3.01. The molecule has 10 heteroatoms. The lowest BCUT2D eigenvalue weighted by Crippen LogP contribution is -2.47. The van der Waals surface area contributed by atoms with E-state index in [4.69, 9.17) is 5.73 Å². The van der Waals surface area contributed by atoms with Gasteiger partial charge in [-0.3, -0.25) is 0 Å². The Balaban J connectivity index is 2.26. The number of nitrogens with one attached hydrogen (secondary N) is 1. The maximum Gasteiger partial charge on any atom is 0.407 e. The smallest absolute Gasteiger partial charge is 0.389 e. The van der Waals surface area contributed by atoms with Crippen LogP contribution in [0.15, 0.2) is 16.3 Å². The average molecular weight is 330 g/mol. The monoisotopic (exact) mass is 330 g/mol. The zero-order chi connectivity index (χ0) is 14.5. The van der Waals surface area contributed by atoms with E-state index in [1.165, 1.54) is 12.1 Å². The van der Waals surface area contributed by atoms with Crippen molar-refractivity contribution >= 4 is 38.6 Å². The maximum absolute atomic E-state index is 12.7. The Hall–Kier alpha value is -0.710. The molecule has 1 aromatic rings. The Bertz CT molecular complexity index is 617. The summed E-state index contributed by atoms with van der Waals surface area (Å²) in [7, 11) is -4.22. The van der Waals surface area contributed by atoms with Crippen molar-refractivity contribution in [2.24, 2.45) is 5.73 Å². The van der Waals surface area contributed by atoms with Gasteiger partial charge in [-0.2, -0.15) is 17.9 Å². The molecule has 0 unspecified atom stereocenters. The molecule has 0 radical (unpaired) electrons. The minimum Gasteiger partial charge on any atom is -0.389 e. The average Bonchev–Trinajstić information content (AvgIpc) is 2.85. The van der Waals surface area contributed by atoms with Crippen molar-refractivity contribution in [3.05, 3.63) is 17.0 Å². The first-order chi connectivity index (χ1) is 8.57. The number of alkyl halides is 3. The van der Waals surface area contributed by atoms with Crippen LogP contribution in [0.25, 0.3) is 0 Å². The first-order valence-corrected chi connectivity index (χ1v) is 7.79. The number of thiophene rings is 1. The van der Waals surface area contributed by atoms with Gasteiger partial charge in [0.2, 0.25) is 0 Å². The van der Waals surface area contributed by atoms with Crippen LogP contribution in [-0.2, 0) is 10.0 Å². The van der Waals surface area contributed by atoms with Crippen LogP contribution in [0.3, 0.4) is 0 Å². The Kier molecular flexibility index (Phi) is 3.40. The third-order valence-corrected chi connectivity index (χ3v) is 6.21. The predicted octanol–water partition coefficient (Wildman–Crippen LogP) is 1.76. The molecule has 0 spiro atoms. The van der Waals surface area contributed by atoms with E-state index in [9.17, 15) is 21.6 Å². The van der Waals surface area contributed by atoms with Crippen molar-refractivity contribution in [2.75, 3.05) is 0 Å². The molecule has 2 rings (SSSR count). The highest BCUT2D eigenvalue weighted by Crippen LogP contribution is 2.49. The van der Waals surface area contributed by atoms with Gasteiger partial charge in [-0.1, -0.05) is 12.2 Å². The molecule has 1 fully saturated rings. The molecule has 1 saturated carbocycles.